The number of hydrogen-bond acceptors (Lipinski definition) is 6. The van der Waals surface area contributed by atoms with Gasteiger partial charge in [-0.25, -0.2) is 9.78 Å². The van der Waals surface area contributed by atoms with Gasteiger partial charge in [-0.15, -0.1) is 0 Å². The van der Waals surface area contributed by atoms with E-state index in [2.05, 4.69) is 10.1 Å². The first-order chi connectivity index (χ1) is 11.0. The molecule has 0 saturated carbocycles. The minimum atomic E-state index is -1.07. The Balaban J connectivity index is 1.88. The molecular weight excluding hydrogens is 302 g/mol. The van der Waals surface area contributed by atoms with Crippen LogP contribution in [0.25, 0.3) is 11.1 Å². The van der Waals surface area contributed by atoms with Crippen molar-refractivity contribution in [1.29, 1.82) is 0 Å². The second kappa shape index (κ2) is 5.96. The summed E-state index contributed by atoms with van der Waals surface area (Å²) in [5.41, 5.74) is 1.51. The molecule has 0 aromatic carbocycles. The van der Waals surface area contributed by atoms with Gasteiger partial charge in [-0.1, -0.05) is 19.0 Å². The number of aromatic nitrogens is 2. The Bertz CT molecular complexity index is 755. The van der Waals surface area contributed by atoms with E-state index in [9.17, 15) is 9.59 Å². The van der Waals surface area contributed by atoms with Crippen LogP contribution < -0.4 is 0 Å². The van der Waals surface area contributed by atoms with Crippen LogP contribution in [0.5, 0.6) is 0 Å². The van der Waals surface area contributed by atoms with Gasteiger partial charge in [0.25, 0.3) is 11.6 Å². The average molecular weight is 319 g/mol. The fraction of sp³-hybridized carbons (Fsp3) is 0.467. The molecule has 1 N–H and O–H groups in total. The zero-order valence-electron chi connectivity index (χ0n) is 12.9. The molecule has 0 radical (unpaired) electrons. The maximum Gasteiger partial charge on any atom is 0.334 e. The molecule has 2 aromatic heterocycles. The first-order valence-electron chi connectivity index (χ1n) is 7.36. The lowest BCUT2D eigenvalue weighted by Gasteiger charge is -2.30. The van der Waals surface area contributed by atoms with Crippen LogP contribution >= 0.6 is 0 Å². The van der Waals surface area contributed by atoms with Gasteiger partial charge < -0.3 is 19.3 Å². The minimum Gasteiger partial charge on any atom is -0.479 e. The van der Waals surface area contributed by atoms with Gasteiger partial charge in [-0.05, 0) is 12.0 Å². The standard InChI is InChI=1S/C15H17N3O5/c1-8(2)12-10-5-9(6-16-13(10)23-17-12)14(19)18-3-4-22-11(7-18)15(20)21/h5-6,8,11H,3-4,7H2,1-2H3,(H,20,21). The van der Waals surface area contributed by atoms with Crippen molar-refractivity contribution in [2.24, 2.45) is 0 Å². The third-order valence-electron chi connectivity index (χ3n) is 3.78. The summed E-state index contributed by atoms with van der Waals surface area (Å²) >= 11 is 0. The number of fused-ring (bicyclic) bond motifs is 1. The quantitative estimate of drug-likeness (QED) is 0.908. The number of rotatable bonds is 3. The van der Waals surface area contributed by atoms with Gasteiger partial charge in [0.05, 0.1) is 29.8 Å². The highest BCUT2D eigenvalue weighted by atomic mass is 16.5. The Kier molecular flexibility index (Phi) is 3.99. The number of nitrogens with zero attached hydrogens (tertiary/aromatic N) is 3. The van der Waals surface area contributed by atoms with E-state index in [-0.39, 0.29) is 25.0 Å². The van der Waals surface area contributed by atoms with Gasteiger partial charge in [0.15, 0.2) is 6.10 Å². The normalized spacial score (nSPS) is 18.6. The summed E-state index contributed by atoms with van der Waals surface area (Å²) in [6.07, 6.45) is 0.428. The van der Waals surface area contributed by atoms with Crippen LogP contribution in [-0.2, 0) is 9.53 Å². The number of carbonyl (C=O) groups excluding carboxylic acids is 1. The number of carboxylic acids is 1. The van der Waals surface area contributed by atoms with Crippen LogP contribution in [-0.4, -0.2) is 57.8 Å². The van der Waals surface area contributed by atoms with Gasteiger partial charge in [0.1, 0.15) is 0 Å². The van der Waals surface area contributed by atoms with Gasteiger partial charge >= 0.3 is 5.97 Å². The van der Waals surface area contributed by atoms with E-state index in [0.717, 1.165) is 5.69 Å². The zero-order chi connectivity index (χ0) is 16.6. The van der Waals surface area contributed by atoms with E-state index >= 15 is 0 Å². The van der Waals surface area contributed by atoms with E-state index in [4.69, 9.17) is 14.4 Å². The number of ether oxygens (including phenoxy) is 1. The van der Waals surface area contributed by atoms with Crippen LogP contribution in [0.4, 0.5) is 0 Å². The van der Waals surface area contributed by atoms with E-state index in [1.165, 1.54) is 11.1 Å². The molecule has 3 rings (SSSR count). The van der Waals surface area contributed by atoms with Gasteiger partial charge in [-0.2, -0.15) is 0 Å². The van der Waals surface area contributed by atoms with E-state index < -0.39 is 12.1 Å². The lowest BCUT2D eigenvalue weighted by Crippen LogP contribution is -2.48. The molecular formula is C15H17N3O5. The van der Waals surface area contributed by atoms with Gasteiger partial charge in [0, 0.05) is 12.7 Å². The van der Waals surface area contributed by atoms with E-state index in [1.54, 1.807) is 6.07 Å². The predicted molar refractivity (Wildman–Crippen MR) is 79.2 cm³/mol. The summed E-state index contributed by atoms with van der Waals surface area (Å²) in [5.74, 6) is -1.20. The Morgan fingerprint density at radius 3 is 2.91 bits per heavy atom. The highest BCUT2D eigenvalue weighted by molar-refractivity contribution is 5.97. The van der Waals surface area contributed by atoms with E-state index in [0.29, 0.717) is 23.2 Å². The average Bonchev–Trinajstić information content (AvgIpc) is 2.97. The van der Waals surface area contributed by atoms with Crippen LogP contribution in [0.2, 0.25) is 0 Å². The molecule has 1 amide bonds. The first kappa shape index (κ1) is 15.4. The zero-order valence-corrected chi connectivity index (χ0v) is 12.9. The highest BCUT2D eigenvalue weighted by Crippen LogP contribution is 2.24. The first-order valence-corrected chi connectivity index (χ1v) is 7.36. The van der Waals surface area contributed by atoms with Crippen molar-refractivity contribution in [2.45, 2.75) is 25.9 Å². The lowest BCUT2D eigenvalue weighted by atomic mass is 10.1. The largest absolute Gasteiger partial charge is 0.479 e. The molecule has 1 unspecified atom stereocenters. The van der Waals surface area contributed by atoms with Gasteiger partial charge in [0.2, 0.25) is 0 Å². The van der Waals surface area contributed by atoms with Crippen molar-refractivity contribution < 1.29 is 24.0 Å². The Hall–Kier alpha value is -2.48. The summed E-state index contributed by atoms with van der Waals surface area (Å²) in [6.45, 7) is 4.52. The van der Waals surface area contributed by atoms with Crippen molar-refractivity contribution >= 4 is 23.0 Å². The lowest BCUT2D eigenvalue weighted by molar-refractivity contribution is -0.154. The molecule has 8 nitrogen and oxygen atoms in total. The number of carboxylic acid groups (broad SMARTS) is 1. The smallest absolute Gasteiger partial charge is 0.334 e. The summed E-state index contributed by atoms with van der Waals surface area (Å²) < 4.78 is 10.3. The number of pyridine rings is 1. The molecule has 0 bridgehead atoms. The minimum absolute atomic E-state index is 0.0207. The van der Waals surface area contributed by atoms with Crippen molar-refractivity contribution in [3.63, 3.8) is 0 Å². The van der Waals surface area contributed by atoms with Crippen LogP contribution in [0.3, 0.4) is 0 Å². The number of carbonyl (C=O) groups is 2. The van der Waals surface area contributed by atoms with Crippen LogP contribution in [0.15, 0.2) is 16.8 Å². The molecule has 0 spiro atoms. The number of hydrogen-bond donors (Lipinski definition) is 1. The fourth-order valence-electron chi connectivity index (χ4n) is 2.55. The third kappa shape index (κ3) is 2.89. The highest BCUT2D eigenvalue weighted by Gasteiger charge is 2.30. The molecule has 3 heterocycles. The topological polar surface area (TPSA) is 106 Å². The SMILES string of the molecule is CC(C)c1noc2ncc(C(=O)N3CCOC(C(=O)O)C3)cc12. The van der Waals surface area contributed by atoms with Gasteiger partial charge in [-0.3, -0.25) is 4.79 Å². The summed E-state index contributed by atoms with van der Waals surface area (Å²) in [7, 11) is 0. The summed E-state index contributed by atoms with van der Waals surface area (Å²) in [5, 5.41) is 13.7. The van der Waals surface area contributed by atoms with Crippen LogP contribution in [0.1, 0.15) is 35.8 Å². The molecule has 0 aliphatic carbocycles. The maximum atomic E-state index is 12.6. The second-order valence-corrected chi connectivity index (χ2v) is 5.75. The summed E-state index contributed by atoms with van der Waals surface area (Å²) in [4.78, 5) is 29.2. The molecule has 23 heavy (non-hydrogen) atoms. The Labute approximate surface area is 132 Å². The van der Waals surface area contributed by atoms with Crippen molar-refractivity contribution in [3.8, 4) is 0 Å². The molecule has 8 heteroatoms. The number of amides is 1. The Morgan fingerprint density at radius 1 is 1.43 bits per heavy atom. The second-order valence-electron chi connectivity index (χ2n) is 5.75. The monoisotopic (exact) mass is 319 g/mol. The fourth-order valence-corrected chi connectivity index (χ4v) is 2.55. The molecule has 1 fully saturated rings. The summed E-state index contributed by atoms with van der Waals surface area (Å²) in [6, 6.07) is 1.70. The molecule has 1 saturated heterocycles. The Morgan fingerprint density at radius 2 is 2.22 bits per heavy atom. The maximum absolute atomic E-state index is 12.6. The number of aliphatic carboxylic acids is 1. The molecule has 1 aliphatic heterocycles. The van der Waals surface area contributed by atoms with Crippen LogP contribution in [0, 0.1) is 0 Å². The molecule has 2 aromatic rings. The predicted octanol–water partition coefficient (Wildman–Crippen LogP) is 1.27. The molecule has 122 valence electrons. The molecule has 1 atom stereocenters. The molecule has 1 aliphatic rings. The van der Waals surface area contributed by atoms with E-state index in [1.807, 2.05) is 13.8 Å². The number of morpholine rings is 1. The van der Waals surface area contributed by atoms with Crippen molar-refractivity contribution in [3.05, 3.63) is 23.5 Å². The van der Waals surface area contributed by atoms with Crippen molar-refractivity contribution in [1.82, 2.24) is 15.0 Å². The third-order valence-corrected chi connectivity index (χ3v) is 3.78. The van der Waals surface area contributed by atoms with Crippen molar-refractivity contribution in [2.75, 3.05) is 19.7 Å².